The lowest BCUT2D eigenvalue weighted by Crippen LogP contribution is -2.45. The van der Waals surface area contributed by atoms with Crippen LogP contribution in [0.25, 0.3) is 11.2 Å². The highest BCUT2D eigenvalue weighted by Crippen LogP contribution is 2.17. The second-order valence-corrected chi connectivity index (χ2v) is 5.69. The average molecular weight is 317 g/mol. The Balaban J connectivity index is 1.55. The van der Waals surface area contributed by atoms with Gasteiger partial charge in [0.25, 0.3) is 0 Å². The van der Waals surface area contributed by atoms with Crippen molar-refractivity contribution in [1.82, 2.24) is 20.2 Å². The molecule has 1 aliphatic rings. The van der Waals surface area contributed by atoms with Crippen LogP contribution >= 0.6 is 0 Å². The van der Waals surface area contributed by atoms with Crippen LogP contribution in [0.15, 0.2) is 22.7 Å². The van der Waals surface area contributed by atoms with Crippen LogP contribution in [0.5, 0.6) is 0 Å². The summed E-state index contributed by atoms with van der Waals surface area (Å²) in [4.78, 5) is 33.5. The molecule has 8 heteroatoms. The highest BCUT2D eigenvalue weighted by atomic mass is 16.3. The number of nitrogens with two attached hydrogens (primary N) is 1. The quantitative estimate of drug-likeness (QED) is 0.804. The molecule has 2 amide bonds. The third-order valence-electron chi connectivity index (χ3n) is 3.88. The van der Waals surface area contributed by atoms with Gasteiger partial charge in [0.15, 0.2) is 11.2 Å². The van der Waals surface area contributed by atoms with Gasteiger partial charge in [-0.15, -0.1) is 0 Å². The highest BCUT2D eigenvalue weighted by Gasteiger charge is 2.26. The minimum Gasteiger partial charge on any atom is -0.437 e. The van der Waals surface area contributed by atoms with E-state index in [0.29, 0.717) is 23.7 Å². The molecule has 122 valence electrons. The maximum atomic E-state index is 12.3. The summed E-state index contributed by atoms with van der Waals surface area (Å²) in [6, 6.07) is 3.55. The van der Waals surface area contributed by atoms with Crippen molar-refractivity contribution >= 4 is 23.0 Å². The first kappa shape index (κ1) is 15.4. The molecule has 1 aliphatic heterocycles. The standard InChI is InChI=1S/C15H19N5O3/c16-12(21)9-20-6-2-3-10(8-20)15(22)18-7-13-19-14-11(23-13)4-1-5-17-14/h1,4-5,10H,2-3,6-9H2,(H2,16,21)(H,18,22). The topological polar surface area (TPSA) is 114 Å². The molecule has 0 bridgehead atoms. The van der Waals surface area contributed by atoms with Crippen molar-refractivity contribution in [2.75, 3.05) is 19.6 Å². The number of hydrogen-bond donors (Lipinski definition) is 2. The number of amides is 2. The van der Waals surface area contributed by atoms with E-state index in [4.69, 9.17) is 10.2 Å². The number of piperidine rings is 1. The van der Waals surface area contributed by atoms with Crippen LogP contribution < -0.4 is 11.1 Å². The number of rotatable bonds is 5. The Bertz CT molecular complexity index is 681. The molecule has 0 radical (unpaired) electrons. The Morgan fingerprint density at radius 3 is 3.13 bits per heavy atom. The Hall–Kier alpha value is -2.48. The highest BCUT2D eigenvalue weighted by molar-refractivity contribution is 5.79. The molecule has 0 saturated carbocycles. The molecule has 3 rings (SSSR count). The van der Waals surface area contributed by atoms with Gasteiger partial charge in [-0.1, -0.05) is 0 Å². The van der Waals surface area contributed by atoms with Crippen molar-refractivity contribution in [3.05, 3.63) is 24.2 Å². The van der Waals surface area contributed by atoms with E-state index in [2.05, 4.69) is 15.3 Å². The Labute approximate surface area is 133 Å². The summed E-state index contributed by atoms with van der Waals surface area (Å²) < 4.78 is 5.52. The maximum absolute atomic E-state index is 12.3. The van der Waals surface area contributed by atoms with E-state index >= 15 is 0 Å². The van der Waals surface area contributed by atoms with Crippen LogP contribution in [0, 0.1) is 5.92 Å². The summed E-state index contributed by atoms with van der Waals surface area (Å²) in [5, 5.41) is 2.84. The number of carbonyl (C=O) groups is 2. The number of fused-ring (bicyclic) bond motifs is 1. The normalized spacial score (nSPS) is 18.9. The Morgan fingerprint density at radius 2 is 2.35 bits per heavy atom. The number of carbonyl (C=O) groups excluding carboxylic acids is 2. The smallest absolute Gasteiger partial charge is 0.231 e. The van der Waals surface area contributed by atoms with Gasteiger partial charge < -0.3 is 15.5 Å². The third-order valence-corrected chi connectivity index (χ3v) is 3.88. The molecular weight excluding hydrogens is 298 g/mol. The summed E-state index contributed by atoms with van der Waals surface area (Å²) in [5.74, 6) is -0.151. The van der Waals surface area contributed by atoms with Crippen LogP contribution in [0.4, 0.5) is 0 Å². The fourth-order valence-electron chi connectivity index (χ4n) is 2.83. The molecule has 1 unspecified atom stereocenters. The molecule has 0 spiro atoms. The van der Waals surface area contributed by atoms with Crippen molar-refractivity contribution < 1.29 is 14.0 Å². The molecule has 1 atom stereocenters. The number of nitrogens with zero attached hydrogens (tertiary/aromatic N) is 3. The Kier molecular flexibility index (Phi) is 4.52. The summed E-state index contributed by atoms with van der Waals surface area (Å²) in [7, 11) is 0. The zero-order chi connectivity index (χ0) is 16.2. The van der Waals surface area contributed by atoms with Gasteiger partial charge in [-0.25, -0.2) is 4.98 Å². The fraction of sp³-hybridized carbons (Fsp3) is 0.467. The number of aromatic nitrogens is 2. The zero-order valence-electron chi connectivity index (χ0n) is 12.7. The maximum Gasteiger partial charge on any atom is 0.231 e. The summed E-state index contributed by atoms with van der Waals surface area (Å²) in [6.07, 6.45) is 3.32. The van der Waals surface area contributed by atoms with E-state index in [1.54, 1.807) is 18.3 Å². The van der Waals surface area contributed by atoms with Crippen molar-refractivity contribution in [3.8, 4) is 0 Å². The number of nitrogens with one attached hydrogen (secondary N) is 1. The SMILES string of the molecule is NC(=O)CN1CCCC(C(=O)NCc2nc3ncccc3o2)C1. The molecule has 0 aliphatic carbocycles. The van der Waals surface area contributed by atoms with Crippen LogP contribution in [-0.2, 0) is 16.1 Å². The zero-order valence-corrected chi connectivity index (χ0v) is 12.7. The van der Waals surface area contributed by atoms with Crippen molar-refractivity contribution in [2.45, 2.75) is 19.4 Å². The van der Waals surface area contributed by atoms with Gasteiger partial charge in [-0.05, 0) is 31.5 Å². The van der Waals surface area contributed by atoms with E-state index in [1.165, 1.54) is 0 Å². The average Bonchev–Trinajstić information content (AvgIpc) is 2.95. The second kappa shape index (κ2) is 6.74. The number of oxazole rings is 1. The van der Waals surface area contributed by atoms with Crippen LogP contribution in [0.1, 0.15) is 18.7 Å². The molecule has 23 heavy (non-hydrogen) atoms. The number of primary amides is 1. The molecule has 1 fully saturated rings. The second-order valence-electron chi connectivity index (χ2n) is 5.69. The molecule has 0 aromatic carbocycles. The van der Waals surface area contributed by atoms with Gasteiger partial charge in [0.1, 0.15) is 0 Å². The summed E-state index contributed by atoms with van der Waals surface area (Å²) >= 11 is 0. The first-order valence-electron chi connectivity index (χ1n) is 7.60. The molecule has 2 aromatic heterocycles. The minimum absolute atomic E-state index is 0.0608. The van der Waals surface area contributed by atoms with E-state index in [9.17, 15) is 9.59 Å². The number of hydrogen-bond acceptors (Lipinski definition) is 6. The molecule has 8 nitrogen and oxygen atoms in total. The third kappa shape index (κ3) is 3.84. The van der Waals surface area contributed by atoms with Gasteiger partial charge in [0.05, 0.1) is 19.0 Å². The first-order valence-corrected chi connectivity index (χ1v) is 7.60. The van der Waals surface area contributed by atoms with Gasteiger partial charge >= 0.3 is 0 Å². The van der Waals surface area contributed by atoms with Crippen molar-refractivity contribution in [3.63, 3.8) is 0 Å². The monoisotopic (exact) mass is 317 g/mol. The van der Waals surface area contributed by atoms with Crippen molar-refractivity contribution in [2.24, 2.45) is 11.7 Å². The summed E-state index contributed by atoms with van der Waals surface area (Å²) in [6.45, 7) is 1.76. The largest absolute Gasteiger partial charge is 0.437 e. The van der Waals surface area contributed by atoms with Gasteiger partial charge in [0.2, 0.25) is 17.7 Å². The molecule has 3 N–H and O–H groups in total. The van der Waals surface area contributed by atoms with E-state index in [1.807, 2.05) is 4.90 Å². The molecule has 1 saturated heterocycles. The molecule has 2 aromatic rings. The van der Waals surface area contributed by atoms with Crippen molar-refractivity contribution in [1.29, 1.82) is 0 Å². The lowest BCUT2D eigenvalue weighted by atomic mass is 9.97. The van der Waals surface area contributed by atoms with E-state index in [-0.39, 0.29) is 30.8 Å². The van der Waals surface area contributed by atoms with Crippen LogP contribution in [-0.4, -0.2) is 46.3 Å². The molecular formula is C15H19N5O3. The number of likely N-dealkylation sites (tertiary alicyclic amines) is 1. The predicted octanol–water partition coefficient (Wildman–Crippen LogP) is 0.0363. The fourth-order valence-corrected chi connectivity index (χ4v) is 2.83. The Morgan fingerprint density at radius 1 is 1.48 bits per heavy atom. The van der Waals surface area contributed by atoms with Gasteiger partial charge in [-0.3, -0.25) is 14.5 Å². The van der Waals surface area contributed by atoms with E-state index < -0.39 is 0 Å². The van der Waals surface area contributed by atoms with Crippen LogP contribution in [0.2, 0.25) is 0 Å². The number of pyridine rings is 1. The van der Waals surface area contributed by atoms with Gasteiger partial charge in [0, 0.05) is 12.7 Å². The lowest BCUT2D eigenvalue weighted by molar-refractivity contribution is -0.128. The minimum atomic E-state index is -0.370. The first-order chi connectivity index (χ1) is 11.1. The lowest BCUT2D eigenvalue weighted by Gasteiger charge is -2.30. The summed E-state index contributed by atoms with van der Waals surface area (Å²) in [5.41, 5.74) is 6.34. The van der Waals surface area contributed by atoms with Crippen LogP contribution in [0.3, 0.4) is 0 Å². The van der Waals surface area contributed by atoms with Gasteiger partial charge in [-0.2, -0.15) is 4.98 Å². The predicted molar refractivity (Wildman–Crippen MR) is 82.0 cm³/mol. The van der Waals surface area contributed by atoms with E-state index in [0.717, 1.165) is 19.4 Å². The molecule has 3 heterocycles.